The minimum absolute atomic E-state index is 0.0392. The summed E-state index contributed by atoms with van der Waals surface area (Å²) in [6.45, 7) is 0.293. The molecule has 0 heterocycles. The molecule has 0 saturated heterocycles. The van der Waals surface area contributed by atoms with Crippen LogP contribution in [0.15, 0.2) is 30.3 Å². The van der Waals surface area contributed by atoms with Crippen LogP contribution in [0.4, 0.5) is 0 Å². The highest BCUT2D eigenvalue weighted by atomic mass is 16.5. The highest BCUT2D eigenvalue weighted by molar-refractivity contribution is 5.92. The average molecular weight is 304 g/mol. The lowest BCUT2D eigenvalue weighted by Gasteiger charge is -2.09. The number of nitrogens with zero attached hydrogens (tertiary/aromatic N) is 1. The molecule has 0 aliphatic heterocycles. The number of hydrogen-bond acceptors (Lipinski definition) is 4. The molecular formula is C16H20N2O4. The molecule has 0 fully saturated rings. The molecule has 0 aliphatic rings. The number of nitrogens with one attached hydrogen (secondary N) is 1. The normalized spacial score (nSPS) is 10.3. The molecular weight excluding hydrogens is 284 g/mol. The number of ether oxygens (including phenoxy) is 1. The summed E-state index contributed by atoms with van der Waals surface area (Å²) >= 11 is 0. The van der Waals surface area contributed by atoms with Gasteiger partial charge in [0.2, 0.25) is 11.8 Å². The first-order valence-electron chi connectivity index (χ1n) is 6.78. The van der Waals surface area contributed by atoms with Gasteiger partial charge in [-0.2, -0.15) is 0 Å². The Morgan fingerprint density at radius 2 is 1.82 bits per heavy atom. The number of methoxy groups -OCH3 is 1. The van der Waals surface area contributed by atoms with E-state index < -0.39 is 5.97 Å². The van der Waals surface area contributed by atoms with E-state index in [0.29, 0.717) is 12.1 Å². The number of benzene rings is 1. The molecule has 1 aromatic rings. The van der Waals surface area contributed by atoms with Crippen LogP contribution in [0, 0.1) is 0 Å². The Kier molecular flexibility index (Phi) is 6.82. The first-order chi connectivity index (χ1) is 10.4. The van der Waals surface area contributed by atoms with Gasteiger partial charge >= 0.3 is 5.97 Å². The van der Waals surface area contributed by atoms with Gasteiger partial charge in [-0.1, -0.05) is 12.1 Å². The second kappa shape index (κ2) is 8.61. The lowest BCUT2D eigenvalue weighted by molar-refractivity contribution is -0.128. The van der Waals surface area contributed by atoms with Crippen LogP contribution in [-0.4, -0.2) is 50.4 Å². The molecule has 1 N–H and O–H groups in total. The third-order valence-electron chi connectivity index (χ3n) is 2.90. The van der Waals surface area contributed by atoms with Gasteiger partial charge in [-0.15, -0.1) is 0 Å². The van der Waals surface area contributed by atoms with Crippen molar-refractivity contribution in [2.24, 2.45) is 0 Å². The summed E-state index contributed by atoms with van der Waals surface area (Å²) in [7, 11) is 4.66. The molecule has 0 aliphatic carbocycles. The molecule has 118 valence electrons. The standard InChI is InChI=1S/C16H20N2O4/c1-18(2)15(20)10-11-17-14(19)9-6-12-4-7-13(8-5-12)16(21)22-3/h4-9H,10-11H2,1-3H3,(H,17,19)/b9-6+. The van der Waals surface area contributed by atoms with E-state index in [1.54, 1.807) is 44.4 Å². The molecule has 6 nitrogen and oxygen atoms in total. The zero-order valence-corrected chi connectivity index (χ0v) is 13.0. The molecule has 0 atom stereocenters. The van der Waals surface area contributed by atoms with Crippen molar-refractivity contribution < 1.29 is 19.1 Å². The van der Waals surface area contributed by atoms with Gasteiger partial charge in [0.05, 0.1) is 12.7 Å². The second-order valence-corrected chi connectivity index (χ2v) is 4.78. The molecule has 1 aromatic carbocycles. The third-order valence-corrected chi connectivity index (χ3v) is 2.90. The van der Waals surface area contributed by atoms with Gasteiger partial charge in [0.15, 0.2) is 0 Å². The molecule has 0 unspecified atom stereocenters. The van der Waals surface area contributed by atoms with Crippen LogP contribution in [0.2, 0.25) is 0 Å². The van der Waals surface area contributed by atoms with Crippen molar-refractivity contribution in [3.8, 4) is 0 Å². The number of carbonyl (C=O) groups is 3. The fourth-order valence-corrected chi connectivity index (χ4v) is 1.60. The molecule has 0 aromatic heterocycles. The smallest absolute Gasteiger partial charge is 0.337 e. The maximum Gasteiger partial charge on any atom is 0.337 e. The number of carbonyl (C=O) groups excluding carboxylic acids is 3. The topological polar surface area (TPSA) is 75.7 Å². The van der Waals surface area contributed by atoms with Gasteiger partial charge in [-0.05, 0) is 23.8 Å². The summed E-state index contributed by atoms with van der Waals surface area (Å²) in [5, 5.41) is 2.63. The molecule has 2 amide bonds. The van der Waals surface area contributed by atoms with Crippen LogP contribution in [0.25, 0.3) is 6.08 Å². The number of hydrogen-bond donors (Lipinski definition) is 1. The lowest BCUT2D eigenvalue weighted by atomic mass is 10.1. The number of esters is 1. The fourth-order valence-electron chi connectivity index (χ4n) is 1.60. The highest BCUT2D eigenvalue weighted by Crippen LogP contribution is 2.07. The van der Waals surface area contributed by atoms with E-state index in [2.05, 4.69) is 10.1 Å². The predicted octanol–water partition coefficient (Wildman–Crippen LogP) is 1.08. The van der Waals surface area contributed by atoms with Gasteiger partial charge in [-0.3, -0.25) is 9.59 Å². The van der Waals surface area contributed by atoms with Crippen molar-refractivity contribution in [1.29, 1.82) is 0 Å². The molecule has 0 bridgehead atoms. The molecule has 1 rings (SSSR count). The van der Waals surface area contributed by atoms with Gasteiger partial charge in [0.25, 0.3) is 0 Å². The van der Waals surface area contributed by atoms with Crippen molar-refractivity contribution in [3.05, 3.63) is 41.5 Å². The first kappa shape index (κ1) is 17.4. The van der Waals surface area contributed by atoms with Crippen LogP contribution < -0.4 is 5.32 Å². The van der Waals surface area contributed by atoms with Crippen LogP contribution in [0.3, 0.4) is 0 Å². The zero-order chi connectivity index (χ0) is 16.5. The Bertz CT molecular complexity index is 562. The Hall–Kier alpha value is -2.63. The summed E-state index contributed by atoms with van der Waals surface area (Å²) in [4.78, 5) is 35.7. The minimum Gasteiger partial charge on any atom is -0.465 e. The highest BCUT2D eigenvalue weighted by Gasteiger charge is 2.05. The van der Waals surface area contributed by atoms with Crippen molar-refractivity contribution >= 4 is 23.9 Å². The maximum atomic E-state index is 11.6. The summed E-state index contributed by atoms with van der Waals surface area (Å²) in [6.07, 6.45) is 3.28. The Labute approximate surface area is 129 Å². The summed E-state index contributed by atoms with van der Waals surface area (Å²) in [5.74, 6) is -0.717. The van der Waals surface area contributed by atoms with E-state index in [1.165, 1.54) is 18.1 Å². The first-order valence-corrected chi connectivity index (χ1v) is 6.78. The SMILES string of the molecule is COC(=O)c1ccc(/C=C/C(=O)NCCC(=O)N(C)C)cc1. The van der Waals surface area contributed by atoms with Gasteiger partial charge < -0.3 is 15.0 Å². The lowest BCUT2D eigenvalue weighted by Crippen LogP contribution is -2.29. The molecule has 22 heavy (non-hydrogen) atoms. The van der Waals surface area contributed by atoms with Crippen molar-refractivity contribution in [1.82, 2.24) is 10.2 Å². The Morgan fingerprint density at radius 3 is 2.36 bits per heavy atom. The Balaban J connectivity index is 2.45. The van der Waals surface area contributed by atoms with Crippen LogP contribution in [0.5, 0.6) is 0 Å². The fraction of sp³-hybridized carbons (Fsp3) is 0.312. The monoisotopic (exact) mass is 304 g/mol. The van der Waals surface area contributed by atoms with E-state index in [1.807, 2.05) is 0 Å². The van der Waals surface area contributed by atoms with Crippen molar-refractivity contribution in [2.75, 3.05) is 27.7 Å². The van der Waals surface area contributed by atoms with Crippen LogP contribution >= 0.6 is 0 Å². The van der Waals surface area contributed by atoms with E-state index in [0.717, 1.165) is 5.56 Å². The average Bonchev–Trinajstić information content (AvgIpc) is 2.52. The quantitative estimate of drug-likeness (QED) is 0.630. The molecule has 0 saturated carbocycles. The number of rotatable bonds is 6. The third kappa shape index (κ3) is 5.78. The van der Waals surface area contributed by atoms with Crippen LogP contribution in [-0.2, 0) is 14.3 Å². The van der Waals surface area contributed by atoms with Crippen molar-refractivity contribution in [3.63, 3.8) is 0 Å². The van der Waals surface area contributed by atoms with E-state index >= 15 is 0 Å². The predicted molar refractivity (Wildman–Crippen MR) is 83.1 cm³/mol. The largest absolute Gasteiger partial charge is 0.465 e. The minimum atomic E-state index is -0.404. The van der Waals surface area contributed by atoms with Crippen molar-refractivity contribution in [2.45, 2.75) is 6.42 Å². The summed E-state index contributed by atoms with van der Waals surface area (Å²) < 4.78 is 4.60. The number of amides is 2. The maximum absolute atomic E-state index is 11.6. The summed E-state index contributed by atoms with van der Waals surface area (Å²) in [6, 6.07) is 6.68. The van der Waals surface area contributed by atoms with Gasteiger partial charge in [0, 0.05) is 33.1 Å². The van der Waals surface area contributed by atoms with Gasteiger partial charge in [-0.25, -0.2) is 4.79 Å². The van der Waals surface area contributed by atoms with Gasteiger partial charge in [0.1, 0.15) is 0 Å². The van der Waals surface area contributed by atoms with E-state index in [-0.39, 0.29) is 18.2 Å². The zero-order valence-electron chi connectivity index (χ0n) is 13.0. The van der Waals surface area contributed by atoms with Crippen LogP contribution in [0.1, 0.15) is 22.3 Å². The Morgan fingerprint density at radius 1 is 1.18 bits per heavy atom. The van der Waals surface area contributed by atoms with E-state index in [9.17, 15) is 14.4 Å². The second-order valence-electron chi connectivity index (χ2n) is 4.78. The molecule has 0 radical (unpaired) electrons. The summed E-state index contributed by atoms with van der Waals surface area (Å²) in [5.41, 5.74) is 1.23. The molecule has 6 heteroatoms. The molecule has 0 spiro atoms. The van der Waals surface area contributed by atoms with E-state index in [4.69, 9.17) is 0 Å².